The molecule has 36 heavy (non-hydrogen) atoms. The number of para-hydroxylation sites is 1. The van der Waals surface area contributed by atoms with Gasteiger partial charge in [0.25, 0.3) is 5.91 Å². The zero-order valence-electron chi connectivity index (χ0n) is 19.5. The summed E-state index contributed by atoms with van der Waals surface area (Å²) < 4.78 is 0.695. The highest BCUT2D eigenvalue weighted by atomic mass is 79.9. The van der Waals surface area contributed by atoms with Crippen molar-refractivity contribution >= 4 is 55.8 Å². The van der Waals surface area contributed by atoms with E-state index in [2.05, 4.69) is 31.5 Å². The number of aromatic nitrogens is 1. The number of carbonyl (C=O) groups excluding carboxylic acids is 3. The second-order valence-corrected chi connectivity index (χ2v) is 9.02. The van der Waals surface area contributed by atoms with Gasteiger partial charge in [-0.25, -0.2) is 0 Å². The van der Waals surface area contributed by atoms with E-state index in [0.717, 1.165) is 16.5 Å². The topological polar surface area (TPSA) is 91.4 Å². The van der Waals surface area contributed by atoms with Crippen LogP contribution >= 0.6 is 15.9 Å². The van der Waals surface area contributed by atoms with Crippen molar-refractivity contribution in [2.45, 2.75) is 12.8 Å². The highest BCUT2D eigenvalue weighted by Gasteiger charge is 2.19. The van der Waals surface area contributed by atoms with Gasteiger partial charge in [-0.3, -0.25) is 19.4 Å². The molecule has 1 heterocycles. The number of halogens is 1. The lowest BCUT2D eigenvalue weighted by Crippen LogP contribution is -2.36. The Bertz CT molecular complexity index is 1370. The van der Waals surface area contributed by atoms with Crippen LogP contribution in [0.15, 0.2) is 95.7 Å². The summed E-state index contributed by atoms with van der Waals surface area (Å²) in [6.07, 6.45) is 3.33. The smallest absolute Gasteiger partial charge is 0.259 e. The van der Waals surface area contributed by atoms with E-state index in [4.69, 9.17) is 0 Å². The summed E-state index contributed by atoms with van der Waals surface area (Å²) in [5.41, 5.74) is 1.84. The normalized spacial score (nSPS) is 10.6. The third kappa shape index (κ3) is 6.55. The molecular formula is C28H25BrN4O3. The number of rotatable bonds is 9. The van der Waals surface area contributed by atoms with Crippen LogP contribution in [-0.4, -0.2) is 35.8 Å². The first-order valence-corrected chi connectivity index (χ1v) is 12.3. The first-order valence-electron chi connectivity index (χ1n) is 11.5. The molecule has 182 valence electrons. The van der Waals surface area contributed by atoms with E-state index >= 15 is 0 Å². The summed E-state index contributed by atoms with van der Waals surface area (Å²) in [5, 5.41) is 7.69. The van der Waals surface area contributed by atoms with Crippen molar-refractivity contribution in [2.24, 2.45) is 0 Å². The van der Waals surface area contributed by atoms with Crippen LogP contribution in [0.2, 0.25) is 0 Å². The Labute approximate surface area is 217 Å². The highest BCUT2D eigenvalue weighted by Crippen LogP contribution is 2.23. The average molecular weight is 545 g/mol. The molecule has 8 heteroatoms. The Balaban J connectivity index is 1.31. The number of amides is 3. The van der Waals surface area contributed by atoms with Crippen LogP contribution in [0.25, 0.3) is 10.8 Å². The van der Waals surface area contributed by atoms with Gasteiger partial charge in [0.05, 0.1) is 5.56 Å². The zero-order valence-corrected chi connectivity index (χ0v) is 21.1. The Kier molecular flexibility index (Phi) is 8.41. The number of hydrogen-bond acceptors (Lipinski definition) is 4. The van der Waals surface area contributed by atoms with Crippen molar-refractivity contribution in [3.8, 4) is 0 Å². The summed E-state index contributed by atoms with van der Waals surface area (Å²) in [6, 6.07) is 24.4. The molecule has 4 rings (SSSR count). The Hall–Kier alpha value is -4.04. The third-order valence-corrected chi connectivity index (χ3v) is 6.00. The molecule has 7 nitrogen and oxygen atoms in total. The van der Waals surface area contributed by atoms with Gasteiger partial charge in [0, 0.05) is 59.6 Å². The maximum Gasteiger partial charge on any atom is 0.259 e. The largest absolute Gasteiger partial charge is 0.356 e. The van der Waals surface area contributed by atoms with Crippen LogP contribution < -0.4 is 15.5 Å². The standard InChI is InChI=1S/C28H25BrN4O3/c29-22-17-21(18-30-19-22)28(36)33(23-9-2-1-3-10-23)16-14-26(34)31-15-13-27(35)32-25-12-6-8-20-7-4-5-11-24(20)25/h1-12,17-19H,13-16H2,(H,31,34)(H,32,35). The monoisotopic (exact) mass is 544 g/mol. The molecule has 0 fully saturated rings. The van der Waals surface area contributed by atoms with Crippen LogP contribution in [0.3, 0.4) is 0 Å². The maximum absolute atomic E-state index is 13.2. The van der Waals surface area contributed by atoms with Crippen LogP contribution in [0.1, 0.15) is 23.2 Å². The van der Waals surface area contributed by atoms with E-state index < -0.39 is 0 Å². The van der Waals surface area contributed by atoms with Gasteiger partial charge in [-0.05, 0) is 45.6 Å². The number of pyridine rings is 1. The van der Waals surface area contributed by atoms with E-state index in [1.165, 1.54) is 6.20 Å². The van der Waals surface area contributed by atoms with Crippen LogP contribution in [0.5, 0.6) is 0 Å². The molecule has 0 saturated heterocycles. The Morgan fingerprint density at radius 3 is 2.39 bits per heavy atom. The first kappa shape index (κ1) is 25.1. The van der Waals surface area contributed by atoms with Crippen LogP contribution in [-0.2, 0) is 9.59 Å². The molecule has 0 aliphatic heterocycles. The van der Waals surface area contributed by atoms with E-state index in [1.54, 1.807) is 17.2 Å². The summed E-state index contributed by atoms with van der Waals surface area (Å²) in [6.45, 7) is 0.383. The van der Waals surface area contributed by atoms with E-state index in [-0.39, 0.29) is 43.7 Å². The number of benzene rings is 3. The summed E-state index contributed by atoms with van der Waals surface area (Å²) >= 11 is 3.34. The molecule has 0 atom stereocenters. The van der Waals surface area contributed by atoms with Gasteiger partial charge in [0.1, 0.15) is 0 Å². The first-order chi connectivity index (χ1) is 17.5. The molecule has 0 bridgehead atoms. The second kappa shape index (κ2) is 12.1. The van der Waals surface area contributed by atoms with Gasteiger partial charge >= 0.3 is 0 Å². The second-order valence-electron chi connectivity index (χ2n) is 8.11. The number of hydrogen-bond donors (Lipinski definition) is 2. The Morgan fingerprint density at radius 2 is 1.58 bits per heavy atom. The zero-order chi connectivity index (χ0) is 25.3. The van der Waals surface area contributed by atoms with Gasteiger partial charge in [-0.15, -0.1) is 0 Å². The van der Waals surface area contributed by atoms with Gasteiger partial charge in [-0.1, -0.05) is 54.6 Å². The lowest BCUT2D eigenvalue weighted by Gasteiger charge is -2.22. The summed E-state index contributed by atoms with van der Waals surface area (Å²) in [5.74, 6) is -0.679. The van der Waals surface area contributed by atoms with Crippen molar-refractivity contribution in [3.05, 3.63) is 101 Å². The molecular weight excluding hydrogens is 520 g/mol. The molecule has 0 spiro atoms. The summed E-state index contributed by atoms with van der Waals surface area (Å²) in [7, 11) is 0. The minimum Gasteiger partial charge on any atom is -0.356 e. The van der Waals surface area contributed by atoms with Gasteiger partial charge in [0.15, 0.2) is 0 Å². The number of nitrogens with one attached hydrogen (secondary N) is 2. The number of nitrogens with zero attached hydrogens (tertiary/aromatic N) is 2. The summed E-state index contributed by atoms with van der Waals surface area (Å²) in [4.78, 5) is 43.7. The average Bonchev–Trinajstić information content (AvgIpc) is 2.89. The van der Waals surface area contributed by atoms with Crippen molar-refractivity contribution in [3.63, 3.8) is 0 Å². The number of anilines is 2. The van der Waals surface area contributed by atoms with E-state index in [0.29, 0.717) is 15.7 Å². The molecule has 3 amide bonds. The minimum absolute atomic E-state index is 0.0903. The van der Waals surface area contributed by atoms with Crippen LogP contribution in [0, 0.1) is 0 Å². The van der Waals surface area contributed by atoms with Gasteiger partial charge < -0.3 is 15.5 Å². The molecule has 4 aromatic rings. The molecule has 0 radical (unpaired) electrons. The molecule has 3 aromatic carbocycles. The SMILES string of the molecule is O=C(CCN(C(=O)c1cncc(Br)c1)c1ccccc1)NCCC(=O)Nc1cccc2ccccc12. The van der Waals surface area contributed by atoms with Gasteiger partial charge in [0.2, 0.25) is 11.8 Å². The predicted molar refractivity (Wildman–Crippen MR) is 145 cm³/mol. The predicted octanol–water partition coefficient (Wildman–Crippen LogP) is 5.18. The fourth-order valence-electron chi connectivity index (χ4n) is 3.80. The van der Waals surface area contributed by atoms with E-state index in [9.17, 15) is 14.4 Å². The molecule has 0 aliphatic rings. The quantitative estimate of drug-likeness (QED) is 0.303. The lowest BCUT2D eigenvalue weighted by molar-refractivity contribution is -0.121. The fraction of sp³-hybridized carbons (Fsp3) is 0.143. The highest BCUT2D eigenvalue weighted by molar-refractivity contribution is 9.10. The van der Waals surface area contributed by atoms with Crippen molar-refractivity contribution in [2.75, 3.05) is 23.3 Å². The van der Waals surface area contributed by atoms with Crippen molar-refractivity contribution < 1.29 is 14.4 Å². The fourth-order valence-corrected chi connectivity index (χ4v) is 4.17. The van der Waals surface area contributed by atoms with Gasteiger partial charge in [-0.2, -0.15) is 0 Å². The molecule has 0 unspecified atom stereocenters. The third-order valence-electron chi connectivity index (χ3n) is 5.57. The Morgan fingerprint density at radius 1 is 0.833 bits per heavy atom. The maximum atomic E-state index is 13.2. The van der Waals surface area contributed by atoms with Crippen molar-refractivity contribution in [1.82, 2.24) is 10.3 Å². The molecule has 1 aromatic heterocycles. The number of carbonyl (C=O) groups is 3. The molecule has 2 N–H and O–H groups in total. The molecule has 0 saturated carbocycles. The molecule has 0 aliphatic carbocycles. The number of fused-ring (bicyclic) bond motifs is 1. The van der Waals surface area contributed by atoms with Crippen LogP contribution in [0.4, 0.5) is 11.4 Å². The minimum atomic E-state index is -0.253. The van der Waals surface area contributed by atoms with E-state index in [1.807, 2.05) is 72.8 Å². The lowest BCUT2D eigenvalue weighted by atomic mass is 10.1. The van der Waals surface area contributed by atoms with Crippen molar-refractivity contribution in [1.29, 1.82) is 0 Å².